The lowest BCUT2D eigenvalue weighted by atomic mass is 10.3. The zero-order valence-corrected chi connectivity index (χ0v) is 11.8. The largest absolute Gasteiger partial charge is 0.385 e. The molecule has 1 rings (SSSR count). The Morgan fingerprint density at radius 3 is 3.00 bits per heavy atom. The molecule has 1 aromatic rings. The van der Waals surface area contributed by atoms with Crippen LogP contribution in [-0.4, -0.2) is 35.9 Å². The van der Waals surface area contributed by atoms with Gasteiger partial charge in [0, 0.05) is 39.4 Å². The van der Waals surface area contributed by atoms with Crippen LogP contribution in [0.25, 0.3) is 0 Å². The fraction of sp³-hybridized carbons (Fsp3) is 0.636. The van der Waals surface area contributed by atoms with Gasteiger partial charge in [-0.2, -0.15) is 5.10 Å². The molecule has 6 heteroatoms. The minimum atomic E-state index is 0.0466. The van der Waals surface area contributed by atoms with E-state index in [9.17, 15) is 4.79 Å². The third-order valence-electron chi connectivity index (χ3n) is 2.30. The van der Waals surface area contributed by atoms with Crippen LogP contribution in [0.15, 0.2) is 10.7 Å². The maximum Gasteiger partial charge on any atom is 0.221 e. The Hall–Kier alpha value is -0.880. The summed E-state index contributed by atoms with van der Waals surface area (Å²) in [6.07, 6.45) is 3.17. The number of amides is 1. The molecule has 1 heterocycles. The van der Waals surface area contributed by atoms with Gasteiger partial charge in [-0.3, -0.25) is 9.48 Å². The van der Waals surface area contributed by atoms with Crippen LogP contribution in [0.1, 0.15) is 18.5 Å². The van der Waals surface area contributed by atoms with E-state index in [2.05, 4.69) is 26.3 Å². The van der Waals surface area contributed by atoms with Gasteiger partial charge in [-0.1, -0.05) is 0 Å². The Labute approximate surface area is 110 Å². The number of carbonyl (C=O) groups is 1. The smallest absolute Gasteiger partial charge is 0.221 e. The molecule has 0 aliphatic heterocycles. The highest BCUT2D eigenvalue weighted by atomic mass is 79.9. The van der Waals surface area contributed by atoms with Gasteiger partial charge in [0.2, 0.25) is 5.91 Å². The summed E-state index contributed by atoms with van der Waals surface area (Å²) in [5.41, 5.74) is 0.936. The van der Waals surface area contributed by atoms with E-state index in [-0.39, 0.29) is 5.91 Å². The van der Waals surface area contributed by atoms with Crippen molar-refractivity contribution >= 4 is 21.8 Å². The highest BCUT2D eigenvalue weighted by Gasteiger charge is 2.04. The molecule has 0 aliphatic carbocycles. The van der Waals surface area contributed by atoms with Crippen molar-refractivity contribution < 1.29 is 9.53 Å². The van der Waals surface area contributed by atoms with Gasteiger partial charge in [0.25, 0.3) is 0 Å². The van der Waals surface area contributed by atoms with Gasteiger partial charge in [-0.15, -0.1) is 0 Å². The van der Waals surface area contributed by atoms with Crippen molar-refractivity contribution in [1.29, 1.82) is 0 Å². The summed E-state index contributed by atoms with van der Waals surface area (Å²) in [6, 6.07) is 0. The zero-order chi connectivity index (χ0) is 12.7. The van der Waals surface area contributed by atoms with Gasteiger partial charge in [0.05, 0.1) is 10.2 Å². The average Bonchev–Trinajstić information content (AvgIpc) is 2.62. The first-order valence-electron chi connectivity index (χ1n) is 5.58. The number of halogens is 1. The SMILES string of the molecule is COCCCNC(=O)CCn1cc(Br)c(C)n1. The summed E-state index contributed by atoms with van der Waals surface area (Å²) < 4.78 is 7.64. The highest BCUT2D eigenvalue weighted by Crippen LogP contribution is 2.13. The van der Waals surface area contributed by atoms with Crippen molar-refractivity contribution in [2.45, 2.75) is 26.3 Å². The highest BCUT2D eigenvalue weighted by molar-refractivity contribution is 9.10. The molecular weight excluding hydrogens is 286 g/mol. The topological polar surface area (TPSA) is 56.1 Å². The van der Waals surface area contributed by atoms with Crippen LogP contribution in [0.5, 0.6) is 0 Å². The second kappa shape index (κ2) is 7.45. The minimum absolute atomic E-state index is 0.0466. The van der Waals surface area contributed by atoms with Gasteiger partial charge in [0.15, 0.2) is 0 Å². The van der Waals surface area contributed by atoms with E-state index >= 15 is 0 Å². The van der Waals surface area contributed by atoms with Crippen molar-refractivity contribution in [1.82, 2.24) is 15.1 Å². The molecule has 1 N–H and O–H groups in total. The number of methoxy groups -OCH3 is 1. The van der Waals surface area contributed by atoms with Crippen LogP contribution >= 0.6 is 15.9 Å². The van der Waals surface area contributed by atoms with E-state index < -0.39 is 0 Å². The van der Waals surface area contributed by atoms with E-state index in [0.717, 1.165) is 16.6 Å². The van der Waals surface area contributed by atoms with Crippen molar-refractivity contribution in [2.24, 2.45) is 0 Å². The fourth-order valence-corrected chi connectivity index (χ4v) is 1.67. The molecule has 5 nitrogen and oxygen atoms in total. The van der Waals surface area contributed by atoms with Gasteiger partial charge in [-0.05, 0) is 29.3 Å². The molecular formula is C11H18BrN3O2. The number of nitrogens with zero attached hydrogens (tertiary/aromatic N) is 2. The second-order valence-corrected chi connectivity index (χ2v) is 4.63. The molecule has 17 heavy (non-hydrogen) atoms. The Bertz CT molecular complexity index is 346. The number of hydrogen-bond acceptors (Lipinski definition) is 3. The van der Waals surface area contributed by atoms with Crippen molar-refractivity contribution in [3.05, 3.63) is 16.4 Å². The van der Waals surface area contributed by atoms with Crippen LogP contribution in [0.3, 0.4) is 0 Å². The number of nitrogens with one attached hydrogen (secondary N) is 1. The van der Waals surface area contributed by atoms with Crippen LogP contribution in [-0.2, 0) is 16.1 Å². The molecule has 0 unspecified atom stereocenters. The van der Waals surface area contributed by atoms with Gasteiger partial charge in [0.1, 0.15) is 0 Å². The molecule has 0 saturated heterocycles. The lowest BCUT2D eigenvalue weighted by molar-refractivity contribution is -0.121. The summed E-state index contributed by atoms with van der Waals surface area (Å²) in [5.74, 6) is 0.0466. The molecule has 0 saturated carbocycles. The number of aromatic nitrogens is 2. The first kappa shape index (κ1) is 14.2. The van der Waals surface area contributed by atoms with Crippen molar-refractivity contribution in [3.63, 3.8) is 0 Å². The summed E-state index contributed by atoms with van der Waals surface area (Å²) in [7, 11) is 1.65. The average molecular weight is 304 g/mol. The Morgan fingerprint density at radius 2 is 2.41 bits per heavy atom. The Balaban J connectivity index is 2.19. The maximum absolute atomic E-state index is 11.5. The lowest BCUT2D eigenvalue weighted by Crippen LogP contribution is -2.26. The van der Waals surface area contributed by atoms with Crippen molar-refractivity contribution in [2.75, 3.05) is 20.3 Å². The first-order chi connectivity index (χ1) is 8.13. The molecule has 0 bridgehead atoms. The van der Waals surface area contributed by atoms with Gasteiger partial charge < -0.3 is 10.1 Å². The number of hydrogen-bond donors (Lipinski definition) is 1. The van der Waals surface area contributed by atoms with Crippen LogP contribution in [0.4, 0.5) is 0 Å². The minimum Gasteiger partial charge on any atom is -0.385 e. The normalized spacial score (nSPS) is 10.5. The van der Waals surface area contributed by atoms with Crippen molar-refractivity contribution in [3.8, 4) is 0 Å². The second-order valence-electron chi connectivity index (χ2n) is 3.77. The number of carbonyl (C=O) groups excluding carboxylic acids is 1. The van der Waals surface area contributed by atoms with Gasteiger partial charge in [-0.25, -0.2) is 0 Å². The molecule has 0 aliphatic rings. The molecule has 0 spiro atoms. The molecule has 0 radical (unpaired) electrons. The van der Waals surface area contributed by atoms with E-state index in [4.69, 9.17) is 4.74 Å². The summed E-state index contributed by atoms with van der Waals surface area (Å²) in [4.78, 5) is 11.5. The molecule has 0 fully saturated rings. The summed E-state index contributed by atoms with van der Waals surface area (Å²) >= 11 is 3.38. The monoisotopic (exact) mass is 303 g/mol. The number of aryl methyl sites for hydroxylation is 2. The molecule has 96 valence electrons. The molecule has 0 aromatic carbocycles. The quantitative estimate of drug-likeness (QED) is 0.777. The van der Waals surface area contributed by atoms with Crippen LogP contribution in [0.2, 0.25) is 0 Å². The van der Waals surface area contributed by atoms with E-state index in [0.29, 0.717) is 26.1 Å². The van der Waals surface area contributed by atoms with E-state index in [1.165, 1.54) is 0 Å². The zero-order valence-electron chi connectivity index (χ0n) is 10.2. The maximum atomic E-state index is 11.5. The van der Waals surface area contributed by atoms with Crippen LogP contribution < -0.4 is 5.32 Å². The standard InChI is InChI=1S/C11H18BrN3O2/c1-9-10(12)8-15(14-9)6-4-11(16)13-5-3-7-17-2/h8H,3-7H2,1-2H3,(H,13,16). The molecule has 1 aromatic heterocycles. The third-order valence-corrected chi connectivity index (χ3v) is 3.08. The number of rotatable bonds is 7. The lowest BCUT2D eigenvalue weighted by Gasteiger charge is -2.04. The molecule has 0 atom stereocenters. The summed E-state index contributed by atoms with van der Waals surface area (Å²) in [6.45, 7) is 3.86. The van der Waals surface area contributed by atoms with E-state index in [1.54, 1.807) is 11.8 Å². The van der Waals surface area contributed by atoms with Gasteiger partial charge >= 0.3 is 0 Å². The fourth-order valence-electron chi connectivity index (χ4n) is 1.36. The summed E-state index contributed by atoms with van der Waals surface area (Å²) in [5, 5.41) is 7.10. The predicted molar refractivity (Wildman–Crippen MR) is 68.8 cm³/mol. The number of ether oxygens (including phenoxy) is 1. The molecule has 1 amide bonds. The third kappa shape index (κ3) is 5.32. The van der Waals surface area contributed by atoms with E-state index in [1.807, 2.05) is 13.1 Å². The Morgan fingerprint density at radius 1 is 1.65 bits per heavy atom. The van der Waals surface area contributed by atoms with Crippen LogP contribution in [0, 0.1) is 6.92 Å². The first-order valence-corrected chi connectivity index (χ1v) is 6.38. The predicted octanol–water partition coefficient (Wildman–Crippen LogP) is 1.50. The Kier molecular flexibility index (Phi) is 6.21.